The van der Waals surface area contributed by atoms with E-state index in [2.05, 4.69) is 24.1 Å². The summed E-state index contributed by atoms with van der Waals surface area (Å²) in [5.74, 6) is 1.79. The first-order valence-electron chi connectivity index (χ1n) is 9.21. The van der Waals surface area contributed by atoms with E-state index in [0.717, 1.165) is 31.1 Å². The molecule has 0 aromatic rings. The quantitative estimate of drug-likeness (QED) is 0.866. The van der Waals surface area contributed by atoms with Crippen molar-refractivity contribution >= 4 is 0 Å². The Morgan fingerprint density at radius 2 is 1.76 bits per heavy atom. The molecule has 1 saturated carbocycles. The lowest BCUT2D eigenvalue weighted by Crippen LogP contribution is -2.64. The van der Waals surface area contributed by atoms with Gasteiger partial charge >= 0.3 is 0 Å². The summed E-state index contributed by atoms with van der Waals surface area (Å²) < 4.78 is 5.54. The molecule has 0 bridgehead atoms. The minimum absolute atomic E-state index is 0.274. The van der Waals surface area contributed by atoms with Crippen molar-refractivity contribution in [1.29, 1.82) is 0 Å². The highest BCUT2D eigenvalue weighted by Crippen LogP contribution is 2.32. The molecule has 0 aromatic heterocycles. The van der Waals surface area contributed by atoms with Crippen molar-refractivity contribution in [1.82, 2.24) is 10.2 Å². The van der Waals surface area contributed by atoms with E-state index in [9.17, 15) is 0 Å². The maximum Gasteiger partial charge on any atom is 0.0469 e. The standard InChI is InChI=1S/C18H34N2O/c1-18(2)14-20(13-15-8-10-21-11-9-15)17(12-19-18)16-6-4-3-5-7-16/h15-17,19H,3-14H2,1-2H3. The second-order valence-corrected chi connectivity index (χ2v) is 8.22. The van der Waals surface area contributed by atoms with Crippen LogP contribution in [0.2, 0.25) is 0 Å². The molecule has 122 valence electrons. The Labute approximate surface area is 130 Å². The van der Waals surface area contributed by atoms with Gasteiger partial charge in [-0.1, -0.05) is 19.3 Å². The lowest BCUT2D eigenvalue weighted by Gasteiger charge is -2.49. The van der Waals surface area contributed by atoms with Gasteiger partial charge < -0.3 is 10.1 Å². The van der Waals surface area contributed by atoms with Gasteiger partial charge in [-0.25, -0.2) is 0 Å². The van der Waals surface area contributed by atoms with Crippen molar-refractivity contribution in [3.8, 4) is 0 Å². The first-order valence-corrected chi connectivity index (χ1v) is 9.21. The summed E-state index contributed by atoms with van der Waals surface area (Å²) in [5.41, 5.74) is 0.274. The van der Waals surface area contributed by atoms with E-state index in [1.165, 1.54) is 64.6 Å². The molecule has 2 heterocycles. The summed E-state index contributed by atoms with van der Waals surface area (Å²) in [7, 11) is 0. The van der Waals surface area contributed by atoms with E-state index < -0.39 is 0 Å². The van der Waals surface area contributed by atoms with Crippen LogP contribution in [-0.2, 0) is 4.74 Å². The van der Waals surface area contributed by atoms with Gasteiger partial charge in [0.2, 0.25) is 0 Å². The van der Waals surface area contributed by atoms with Crippen LogP contribution in [-0.4, -0.2) is 49.3 Å². The zero-order valence-corrected chi connectivity index (χ0v) is 14.1. The van der Waals surface area contributed by atoms with Gasteiger partial charge in [0.25, 0.3) is 0 Å². The molecule has 1 aliphatic carbocycles. The fourth-order valence-corrected chi connectivity index (χ4v) is 4.64. The molecular weight excluding hydrogens is 260 g/mol. The molecule has 1 N–H and O–H groups in total. The smallest absolute Gasteiger partial charge is 0.0469 e. The summed E-state index contributed by atoms with van der Waals surface area (Å²) in [6.45, 7) is 10.4. The Bertz CT molecular complexity index is 319. The Morgan fingerprint density at radius 3 is 2.48 bits per heavy atom. The number of nitrogens with zero attached hydrogens (tertiary/aromatic N) is 1. The van der Waals surface area contributed by atoms with E-state index in [1.807, 2.05) is 0 Å². The van der Waals surface area contributed by atoms with Crippen LogP contribution in [0.5, 0.6) is 0 Å². The van der Waals surface area contributed by atoms with Crippen molar-refractivity contribution in [3.05, 3.63) is 0 Å². The topological polar surface area (TPSA) is 24.5 Å². The minimum Gasteiger partial charge on any atom is -0.381 e. The third-order valence-corrected chi connectivity index (χ3v) is 5.88. The largest absolute Gasteiger partial charge is 0.381 e. The molecular formula is C18H34N2O. The van der Waals surface area contributed by atoms with Gasteiger partial charge in [0, 0.05) is 44.4 Å². The van der Waals surface area contributed by atoms with Crippen molar-refractivity contribution in [2.24, 2.45) is 11.8 Å². The minimum atomic E-state index is 0.274. The zero-order chi connectivity index (χ0) is 14.7. The fourth-order valence-electron chi connectivity index (χ4n) is 4.64. The number of piperazine rings is 1. The van der Waals surface area contributed by atoms with Crippen molar-refractivity contribution in [2.75, 3.05) is 32.8 Å². The summed E-state index contributed by atoms with van der Waals surface area (Å²) in [6.07, 6.45) is 9.81. The van der Waals surface area contributed by atoms with E-state index in [0.29, 0.717) is 0 Å². The van der Waals surface area contributed by atoms with Crippen LogP contribution in [0.3, 0.4) is 0 Å². The maximum atomic E-state index is 5.54. The second-order valence-electron chi connectivity index (χ2n) is 8.22. The molecule has 1 unspecified atom stereocenters. The number of nitrogens with one attached hydrogen (secondary N) is 1. The van der Waals surface area contributed by atoms with Crippen molar-refractivity contribution in [2.45, 2.75) is 70.4 Å². The van der Waals surface area contributed by atoms with E-state index in [1.54, 1.807) is 0 Å². The number of hydrogen-bond acceptors (Lipinski definition) is 3. The normalized spacial score (nSPS) is 33.1. The predicted molar refractivity (Wildman–Crippen MR) is 87.6 cm³/mol. The molecule has 0 amide bonds. The van der Waals surface area contributed by atoms with Crippen LogP contribution in [0, 0.1) is 11.8 Å². The monoisotopic (exact) mass is 294 g/mol. The first-order chi connectivity index (χ1) is 10.1. The number of hydrogen-bond donors (Lipinski definition) is 1. The van der Waals surface area contributed by atoms with Gasteiger partial charge in [-0.15, -0.1) is 0 Å². The van der Waals surface area contributed by atoms with E-state index in [-0.39, 0.29) is 5.54 Å². The molecule has 21 heavy (non-hydrogen) atoms. The van der Waals surface area contributed by atoms with Crippen molar-refractivity contribution < 1.29 is 4.74 Å². The molecule has 2 aliphatic heterocycles. The summed E-state index contributed by atoms with van der Waals surface area (Å²) in [4.78, 5) is 2.85. The molecule has 0 radical (unpaired) electrons. The molecule has 3 aliphatic rings. The fraction of sp³-hybridized carbons (Fsp3) is 1.00. The van der Waals surface area contributed by atoms with Gasteiger partial charge in [-0.3, -0.25) is 4.90 Å². The highest BCUT2D eigenvalue weighted by molar-refractivity contribution is 4.96. The average molecular weight is 294 g/mol. The third-order valence-electron chi connectivity index (χ3n) is 5.88. The van der Waals surface area contributed by atoms with Crippen LogP contribution in [0.4, 0.5) is 0 Å². The number of ether oxygens (including phenoxy) is 1. The lowest BCUT2D eigenvalue weighted by molar-refractivity contribution is 0.00724. The molecule has 3 fully saturated rings. The highest BCUT2D eigenvalue weighted by atomic mass is 16.5. The molecule has 0 spiro atoms. The van der Waals surface area contributed by atoms with Crippen LogP contribution in [0.25, 0.3) is 0 Å². The van der Waals surface area contributed by atoms with E-state index >= 15 is 0 Å². The zero-order valence-electron chi connectivity index (χ0n) is 14.1. The second kappa shape index (κ2) is 6.97. The Balaban J connectivity index is 1.64. The van der Waals surface area contributed by atoms with E-state index in [4.69, 9.17) is 4.74 Å². The third kappa shape index (κ3) is 4.20. The first kappa shape index (κ1) is 15.8. The Morgan fingerprint density at radius 1 is 1.05 bits per heavy atom. The van der Waals surface area contributed by atoms with Gasteiger partial charge in [0.1, 0.15) is 0 Å². The molecule has 0 aromatic carbocycles. The SMILES string of the molecule is CC1(C)CN(CC2CCOCC2)C(C2CCCCC2)CN1. The Hall–Kier alpha value is -0.120. The maximum absolute atomic E-state index is 5.54. The highest BCUT2D eigenvalue weighted by Gasteiger charge is 2.37. The molecule has 1 atom stereocenters. The summed E-state index contributed by atoms with van der Waals surface area (Å²) in [6, 6.07) is 0.779. The molecule has 2 saturated heterocycles. The number of rotatable bonds is 3. The molecule has 3 heteroatoms. The summed E-state index contributed by atoms with van der Waals surface area (Å²) in [5, 5.41) is 3.81. The lowest BCUT2D eigenvalue weighted by atomic mass is 9.80. The van der Waals surface area contributed by atoms with Gasteiger partial charge in [-0.2, -0.15) is 0 Å². The van der Waals surface area contributed by atoms with Gasteiger partial charge in [0.15, 0.2) is 0 Å². The van der Waals surface area contributed by atoms with Crippen LogP contribution in [0.15, 0.2) is 0 Å². The van der Waals surface area contributed by atoms with Gasteiger partial charge in [-0.05, 0) is 51.4 Å². The van der Waals surface area contributed by atoms with Crippen LogP contribution >= 0.6 is 0 Å². The van der Waals surface area contributed by atoms with Crippen LogP contribution < -0.4 is 5.32 Å². The predicted octanol–water partition coefficient (Wildman–Crippen LogP) is 3.05. The van der Waals surface area contributed by atoms with Crippen LogP contribution in [0.1, 0.15) is 58.8 Å². The van der Waals surface area contributed by atoms with Crippen molar-refractivity contribution in [3.63, 3.8) is 0 Å². The molecule has 3 rings (SSSR count). The Kier molecular flexibility index (Phi) is 5.23. The van der Waals surface area contributed by atoms with Gasteiger partial charge in [0.05, 0.1) is 0 Å². The average Bonchev–Trinajstić information content (AvgIpc) is 2.48. The molecule has 3 nitrogen and oxygen atoms in total. The summed E-state index contributed by atoms with van der Waals surface area (Å²) >= 11 is 0.